The predicted octanol–water partition coefficient (Wildman–Crippen LogP) is 1.59. The maximum Gasteiger partial charge on any atom is 0.340 e. The van der Waals surface area contributed by atoms with Gasteiger partial charge in [0.2, 0.25) is 10.0 Å². The van der Waals surface area contributed by atoms with Gasteiger partial charge in [-0.3, -0.25) is 0 Å². The first-order valence-corrected chi connectivity index (χ1v) is 10.7. The number of nitrogens with two attached hydrogens (primary N) is 1. The largest absolute Gasteiger partial charge is 0.465 e. The lowest BCUT2D eigenvalue weighted by atomic mass is 10.1. The van der Waals surface area contributed by atoms with Crippen molar-refractivity contribution in [2.45, 2.75) is 11.4 Å². The molecule has 1 saturated heterocycles. The van der Waals surface area contributed by atoms with Gasteiger partial charge in [0.1, 0.15) is 0 Å². The lowest BCUT2D eigenvalue weighted by Crippen LogP contribution is -2.37. The van der Waals surface area contributed by atoms with Gasteiger partial charge in [-0.1, -0.05) is 18.2 Å². The Morgan fingerprint density at radius 2 is 1.90 bits per heavy atom. The quantitative estimate of drug-likeness (QED) is 0.710. The monoisotopic (exact) mass is 419 g/mol. The summed E-state index contributed by atoms with van der Waals surface area (Å²) in [4.78, 5) is 16.3. The van der Waals surface area contributed by atoms with Crippen LogP contribution in [0.15, 0.2) is 47.4 Å². The molecule has 0 aromatic heterocycles. The number of anilines is 2. The summed E-state index contributed by atoms with van der Waals surface area (Å²) < 4.78 is 33.7. The van der Waals surface area contributed by atoms with E-state index in [9.17, 15) is 13.2 Å². The fourth-order valence-electron chi connectivity index (χ4n) is 3.40. The molecule has 1 aliphatic heterocycles. The van der Waals surface area contributed by atoms with Gasteiger partial charge >= 0.3 is 5.97 Å². The molecule has 0 bridgehead atoms. The summed E-state index contributed by atoms with van der Waals surface area (Å²) in [5.41, 5.74) is 2.90. The zero-order valence-corrected chi connectivity index (χ0v) is 17.3. The Kier molecular flexibility index (Phi) is 6.41. The van der Waals surface area contributed by atoms with Crippen molar-refractivity contribution < 1.29 is 22.7 Å². The van der Waals surface area contributed by atoms with E-state index in [0.29, 0.717) is 25.4 Å². The van der Waals surface area contributed by atoms with Crippen molar-refractivity contribution in [1.82, 2.24) is 0 Å². The Labute approximate surface area is 170 Å². The zero-order chi connectivity index (χ0) is 21.0. The van der Waals surface area contributed by atoms with E-state index in [4.69, 9.17) is 14.6 Å². The van der Waals surface area contributed by atoms with Crippen LogP contribution in [0.25, 0.3) is 0 Å². The maximum absolute atomic E-state index is 12.3. The smallest absolute Gasteiger partial charge is 0.340 e. The van der Waals surface area contributed by atoms with Crippen LogP contribution in [-0.4, -0.2) is 54.8 Å². The third-order valence-corrected chi connectivity index (χ3v) is 5.78. The Morgan fingerprint density at radius 3 is 2.55 bits per heavy atom. The minimum Gasteiger partial charge on any atom is -0.465 e. The first-order valence-electron chi connectivity index (χ1n) is 9.18. The Morgan fingerprint density at radius 1 is 1.21 bits per heavy atom. The number of esters is 1. The molecule has 0 saturated carbocycles. The molecular formula is C20H25N3O5S. The van der Waals surface area contributed by atoms with Gasteiger partial charge in [-0.2, -0.15) is 0 Å². The number of ether oxygens (including phenoxy) is 2. The van der Waals surface area contributed by atoms with Crippen molar-refractivity contribution in [3.63, 3.8) is 0 Å². The van der Waals surface area contributed by atoms with E-state index in [1.54, 1.807) is 6.07 Å². The lowest BCUT2D eigenvalue weighted by molar-refractivity contribution is 0.0601. The standard InChI is InChI=1S/C20H25N3O5S/c1-22(14-15-5-3-4-6-18(15)23-9-11-28-12-10-23)19-8-7-16(29(21,25)26)13-17(19)20(24)27-2/h3-8,13H,9-12,14H2,1-2H3,(H2,21,25,26). The third kappa shape index (κ3) is 4.87. The average Bonchev–Trinajstić information content (AvgIpc) is 2.73. The normalized spacial score (nSPS) is 14.5. The molecular weight excluding hydrogens is 394 g/mol. The summed E-state index contributed by atoms with van der Waals surface area (Å²) in [5.74, 6) is -0.626. The fraction of sp³-hybridized carbons (Fsp3) is 0.350. The highest BCUT2D eigenvalue weighted by atomic mass is 32.2. The van der Waals surface area contributed by atoms with Crippen molar-refractivity contribution >= 4 is 27.4 Å². The molecule has 2 aromatic carbocycles. The minimum absolute atomic E-state index is 0.135. The van der Waals surface area contributed by atoms with Gasteiger partial charge in [-0.25, -0.2) is 18.4 Å². The predicted molar refractivity (Wildman–Crippen MR) is 111 cm³/mol. The van der Waals surface area contributed by atoms with Gasteiger partial charge in [0.25, 0.3) is 0 Å². The van der Waals surface area contributed by atoms with Crippen molar-refractivity contribution in [2.75, 3.05) is 50.3 Å². The molecule has 0 amide bonds. The van der Waals surface area contributed by atoms with Crippen LogP contribution in [0.2, 0.25) is 0 Å². The summed E-state index contributed by atoms with van der Waals surface area (Å²) in [6.45, 7) is 3.53. The van der Waals surface area contributed by atoms with Gasteiger partial charge in [-0.15, -0.1) is 0 Å². The molecule has 9 heteroatoms. The number of primary sulfonamides is 1. The van der Waals surface area contributed by atoms with E-state index in [2.05, 4.69) is 11.0 Å². The molecule has 2 N–H and O–H groups in total. The van der Waals surface area contributed by atoms with E-state index in [1.807, 2.05) is 30.1 Å². The lowest BCUT2D eigenvalue weighted by Gasteiger charge is -2.32. The number of carbonyl (C=O) groups excluding carboxylic acids is 1. The van der Waals surface area contributed by atoms with E-state index < -0.39 is 16.0 Å². The number of morpholine rings is 1. The summed E-state index contributed by atoms with van der Waals surface area (Å²) in [6, 6.07) is 12.3. The molecule has 1 fully saturated rings. The van der Waals surface area contributed by atoms with Crippen molar-refractivity contribution in [3.8, 4) is 0 Å². The van der Waals surface area contributed by atoms with E-state index in [0.717, 1.165) is 24.3 Å². The number of para-hydroxylation sites is 1. The second kappa shape index (κ2) is 8.81. The molecule has 3 rings (SSSR count). The van der Waals surface area contributed by atoms with Crippen molar-refractivity contribution in [2.24, 2.45) is 5.14 Å². The SMILES string of the molecule is COC(=O)c1cc(S(N)(=O)=O)ccc1N(C)Cc1ccccc1N1CCOCC1. The Hall–Kier alpha value is -2.62. The van der Waals surface area contributed by atoms with Gasteiger partial charge in [0.05, 0.1) is 36.5 Å². The van der Waals surface area contributed by atoms with Crippen LogP contribution >= 0.6 is 0 Å². The van der Waals surface area contributed by atoms with Gasteiger partial charge in [0.15, 0.2) is 0 Å². The van der Waals surface area contributed by atoms with E-state index in [1.165, 1.54) is 19.2 Å². The van der Waals surface area contributed by atoms with Gasteiger partial charge < -0.3 is 19.3 Å². The summed E-state index contributed by atoms with van der Waals surface area (Å²) in [7, 11) is -0.839. The highest BCUT2D eigenvalue weighted by molar-refractivity contribution is 7.89. The van der Waals surface area contributed by atoms with E-state index >= 15 is 0 Å². The minimum atomic E-state index is -3.93. The maximum atomic E-state index is 12.3. The number of carbonyl (C=O) groups is 1. The molecule has 0 unspecified atom stereocenters. The molecule has 29 heavy (non-hydrogen) atoms. The summed E-state index contributed by atoms with van der Waals surface area (Å²) >= 11 is 0. The number of hydrogen-bond donors (Lipinski definition) is 1. The van der Waals surface area contributed by atoms with Crippen LogP contribution in [0.1, 0.15) is 15.9 Å². The molecule has 0 radical (unpaired) electrons. The Balaban J connectivity index is 1.93. The number of sulfonamides is 1. The van der Waals surface area contributed by atoms with Crippen LogP contribution in [0, 0.1) is 0 Å². The molecule has 8 nitrogen and oxygen atoms in total. The molecule has 0 aliphatic carbocycles. The number of nitrogens with zero attached hydrogens (tertiary/aromatic N) is 2. The Bertz CT molecular complexity index is 987. The van der Waals surface area contributed by atoms with Crippen LogP contribution in [0.3, 0.4) is 0 Å². The van der Waals surface area contributed by atoms with Crippen LogP contribution in [-0.2, 0) is 26.0 Å². The highest BCUT2D eigenvalue weighted by Crippen LogP contribution is 2.28. The van der Waals surface area contributed by atoms with Crippen molar-refractivity contribution in [1.29, 1.82) is 0 Å². The van der Waals surface area contributed by atoms with Crippen molar-refractivity contribution in [3.05, 3.63) is 53.6 Å². The molecule has 2 aromatic rings. The van der Waals surface area contributed by atoms with Crippen LogP contribution < -0.4 is 14.9 Å². The second-order valence-electron chi connectivity index (χ2n) is 6.80. The van der Waals surface area contributed by atoms with E-state index in [-0.39, 0.29) is 10.5 Å². The molecule has 0 spiro atoms. The highest BCUT2D eigenvalue weighted by Gasteiger charge is 2.21. The second-order valence-corrected chi connectivity index (χ2v) is 8.36. The van der Waals surface area contributed by atoms with Crippen LogP contribution in [0.5, 0.6) is 0 Å². The fourth-order valence-corrected chi connectivity index (χ4v) is 3.94. The topological polar surface area (TPSA) is 102 Å². The number of rotatable bonds is 6. The third-order valence-electron chi connectivity index (χ3n) is 4.86. The average molecular weight is 420 g/mol. The molecule has 156 valence electrons. The molecule has 1 aliphatic rings. The van der Waals surface area contributed by atoms with Crippen LogP contribution in [0.4, 0.5) is 11.4 Å². The first kappa shape index (κ1) is 21.1. The number of benzene rings is 2. The number of hydrogen-bond acceptors (Lipinski definition) is 7. The summed E-state index contributed by atoms with van der Waals surface area (Å²) in [5, 5.41) is 5.21. The number of methoxy groups -OCH3 is 1. The molecule has 1 heterocycles. The van der Waals surface area contributed by atoms with Gasteiger partial charge in [-0.05, 0) is 29.8 Å². The summed E-state index contributed by atoms with van der Waals surface area (Å²) in [6.07, 6.45) is 0. The molecule has 0 atom stereocenters. The van der Waals surface area contributed by atoms with Gasteiger partial charge in [0, 0.05) is 32.4 Å². The first-order chi connectivity index (χ1) is 13.8. The zero-order valence-electron chi connectivity index (χ0n) is 16.5.